The minimum absolute atomic E-state index is 0. The summed E-state index contributed by atoms with van der Waals surface area (Å²) in [5.74, 6) is 0. The van der Waals surface area contributed by atoms with E-state index in [4.69, 9.17) is 0 Å². The molecule has 4 rings (SSSR count). The monoisotopic (exact) mass is 388 g/mol. The van der Waals surface area contributed by atoms with Crippen molar-refractivity contribution in [1.29, 1.82) is 0 Å². The minimum Gasteiger partial charge on any atom is -0.843 e. The van der Waals surface area contributed by atoms with E-state index in [1.807, 2.05) is 24.3 Å². The summed E-state index contributed by atoms with van der Waals surface area (Å²) in [6, 6.07) is 35.9. The van der Waals surface area contributed by atoms with Gasteiger partial charge in [-0.15, -0.1) is 0 Å². The van der Waals surface area contributed by atoms with Crippen LogP contribution in [0.5, 0.6) is 0 Å². The quantitative estimate of drug-likeness (QED) is 0.493. The molecule has 0 aromatic heterocycles. The second-order valence-corrected chi connectivity index (χ2v) is 6.83. The van der Waals surface area contributed by atoms with E-state index in [9.17, 15) is 10.2 Å². The average Bonchev–Trinajstić information content (AvgIpc) is 2.80. The summed E-state index contributed by atoms with van der Waals surface area (Å²) in [4.78, 5) is 0. The van der Waals surface area contributed by atoms with Crippen molar-refractivity contribution in [2.45, 2.75) is 11.2 Å². The molecule has 2 nitrogen and oxygen atoms in total. The van der Waals surface area contributed by atoms with E-state index in [2.05, 4.69) is 0 Å². The first-order valence-electron chi connectivity index (χ1n) is 9.30. The molecule has 0 radical (unpaired) electrons. The Kier molecular flexibility index (Phi) is 6.55. The van der Waals surface area contributed by atoms with Crippen molar-refractivity contribution >= 4 is 23.1 Å². The third-order valence-corrected chi connectivity index (χ3v) is 5.22. The van der Waals surface area contributed by atoms with Gasteiger partial charge in [-0.1, -0.05) is 155 Å². The molecule has 0 unspecified atom stereocenters. The first kappa shape index (κ1) is 21.3. The second kappa shape index (κ2) is 8.93. The van der Waals surface area contributed by atoms with Crippen LogP contribution in [-0.2, 0) is 11.2 Å². The third kappa shape index (κ3) is 3.63. The van der Waals surface area contributed by atoms with E-state index in [0.717, 1.165) is 0 Å². The summed E-state index contributed by atoms with van der Waals surface area (Å²) < 4.78 is 0. The van der Waals surface area contributed by atoms with Crippen molar-refractivity contribution in [2.75, 3.05) is 0 Å². The molecule has 0 atom stereocenters. The Morgan fingerprint density at radius 3 is 0.690 bits per heavy atom. The van der Waals surface area contributed by atoms with Gasteiger partial charge in [-0.2, -0.15) is 0 Å². The summed E-state index contributed by atoms with van der Waals surface area (Å²) in [5, 5.41) is 29.6. The zero-order valence-corrected chi connectivity index (χ0v) is 17.5. The molecule has 0 bridgehead atoms. The van der Waals surface area contributed by atoms with Crippen LogP contribution >= 0.6 is 0 Å². The Bertz CT molecular complexity index is 853. The predicted octanol–water partition coefficient (Wildman–Crippen LogP) is 3.21. The van der Waals surface area contributed by atoms with Gasteiger partial charge >= 0.3 is 23.1 Å². The zero-order valence-electron chi connectivity index (χ0n) is 16.1. The average molecular weight is 389 g/mol. The largest absolute Gasteiger partial charge is 2.00 e. The van der Waals surface area contributed by atoms with Gasteiger partial charge in [0.15, 0.2) is 0 Å². The van der Waals surface area contributed by atoms with Crippen molar-refractivity contribution in [3.63, 3.8) is 0 Å². The molecular formula is C26H20MgO2. The van der Waals surface area contributed by atoms with E-state index in [-0.39, 0.29) is 23.1 Å². The maximum atomic E-state index is 14.8. The van der Waals surface area contributed by atoms with E-state index < -0.39 is 11.2 Å². The van der Waals surface area contributed by atoms with E-state index >= 15 is 0 Å². The molecule has 4 aromatic carbocycles. The van der Waals surface area contributed by atoms with Gasteiger partial charge in [0.05, 0.1) is 0 Å². The molecule has 0 spiro atoms. The fourth-order valence-electron chi connectivity index (χ4n) is 3.84. The molecule has 0 aliphatic rings. The van der Waals surface area contributed by atoms with Gasteiger partial charge in [-0.3, -0.25) is 0 Å². The topological polar surface area (TPSA) is 46.1 Å². The third-order valence-electron chi connectivity index (χ3n) is 5.22. The standard InChI is InChI=1S/C26H20O2.Mg/c27-25(21-13-5-1-6-14-21,22-15-7-2-8-16-22)26(28,23-17-9-3-10-18-23)24-19-11-4-12-20-24;/h1-20H;/q-2;+2. The fraction of sp³-hybridized carbons (Fsp3) is 0.0769. The van der Waals surface area contributed by atoms with Crippen LogP contribution in [0, 0.1) is 0 Å². The van der Waals surface area contributed by atoms with Crippen LogP contribution in [0.1, 0.15) is 22.3 Å². The molecule has 29 heavy (non-hydrogen) atoms. The Morgan fingerprint density at radius 2 is 0.517 bits per heavy atom. The first-order valence-corrected chi connectivity index (χ1v) is 9.30. The molecule has 0 amide bonds. The normalized spacial score (nSPS) is 11.5. The smallest absolute Gasteiger partial charge is 0.843 e. The molecule has 0 saturated heterocycles. The van der Waals surface area contributed by atoms with Crippen molar-refractivity contribution in [3.8, 4) is 0 Å². The van der Waals surface area contributed by atoms with Gasteiger partial charge in [-0.05, 0) is 0 Å². The number of benzene rings is 4. The predicted molar refractivity (Wildman–Crippen MR) is 113 cm³/mol. The molecule has 0 fully saturated rings. The van der Waals surface area contributed by atoms with Crippen LogP contribution < -0.4 is 10.2 Å². The van der Waals surface area contributed by atoms with Gasteiger partial charge in [0, 0.05) is 0 Å². The number of rotatable bonds is 5. The van der Waals surface area contributed by atoms with Crippen LogP contribution in [0.2, 0.25) is 0 Å². The Labute approximate surface area is 187 Å². The van der Waals surface area contributed by atoms with Gasteiger partial charge in [0.25, 0.3) is 0 Å². The second-order valence-electron chi connectivity index (χ2n) is 6.83. The van der Waals surface area contributed by atoms with E-state index in [1.54, 1.807) is 97.1 Å². The van der Waals surface area contributed by atoms with Crippen LogP contribution in [0.4, 0.5) is 0 Å². The van der Waals surface area contributed by atoms with Crippen LogP contribution in [-0.4, -0.2) is 23.1 Å². The van der Waals surface area contributed by atoms with Gasteiger partial charge in [0.2, 0.25) is 0 Å². The molecule has 0 aliphatic heterocycles. The van der Waals surface area contributed by atoms with Crippen LogP contribution in [0.25, 0.3) is 0 Å². The summed E-state index contributed by atoms with van der Waals surface area (Å²) in [6.07, 6.45) is 0. The Balaban J connectivity index is 0.00000240. The molecule has 0 aliphatic carbocycles. The van der Waals surface area contributed by atoms with E-state index in [1.165, 1.54) is 0 Å². The summed E-state index contributed by atoms with van der Waals surface area (Å²) in [5.41, 5.74) is -2.32. The molecule has 0 heterocycles. The molecular weight excluding hydrogens is 369 g/mol. The number of hydrogen-bond acceptors (Lipinski definition) is 2. The van der Waals surface area contributed by atoms with Crippen molar-refractivity contribution in [2.24, 2.45) is 0 Å². The maximum absolute atomic E-state index is 14.8. The molecule has 0 saturated carbocycles. The van der Waals surface area contributed by atoms with Gasteiger partial charge < -0.3 is 10.2 Å². The van der Waals surface area contributed by atoms with Crippen molar-refractivity contribution in [1.82, 2.24) is 0 Å². The van der Waals surface area contributed by atoms with Gasteiger partial charge in [-0.25, -0.2) is 0 Å². The summed E-state index contributed by atoms with van der Waals surface area (Å²) in [7, 11) is 0. The molecule has 3 heteroatoms. The molecule has 0 N–H and O–H groups in total. The summed E-state index contributed by atoms with van der Waals surface area (Å²) in [6.45, 7) is 0. The Morgan fingerprint density at radius 1 is 0.345 bits per heavy atom. The van der Waals surface area contributed by atoms with Crippen LogP contribution in [0.3, 0.4) is 0 Å². The van der Waals surface area contributed by atoms with E-state index in [0.29, 0.717) is 22.3 Å². The van der Waals surface area contributed by atoms with Crippen molar-refractivity contribution < 1.29 is 10.2 Å². The molecule has 138 valence electrons. The Hall–Kier alpha value is -2.43. The number of hydrogen-bond donors (Lipinski definition) is 0. The van der Waals surface area contributed by atoms with Crippen LogP contribution in [0.15, 0.2) is 121 Å². The zero-order chi connectivity index (χ0) is 19.5. The minimum atomic E-state index is -2.06. The first-order chi connectivity index (χ1) is 13.7. The summed E-state index contributed by atoms with van der Waals surface area (Å²) >= 11 is 0. The molecule has 4 aromatic rings. The van der Waals surface area contributed by atoms with Crippen molar-refractivity contribution in [3.05, 3.63) is 144 Å². The SMILES string of the molecule is [Mg+2].[O-]C(c1ccccc1)(c1ccccc1)C([O-])(c1ccccc1)c1ccccc1. The van der Waals surface area contributed by atoms with Gasteiger partial charge in [0.1, 0.15) is 0 Å². The fourth-order valence-corrected chi connectivity index (χ4v) is 3.84. The maximum Gasteiger partial charge on any atom is 2.00 e.